The highest BCUT2D eigenvalue weighted by Gasteiger charge is 2.89. The van der Waals surface area contributed by atoms with E-state index >= 15 is 0 Å². The van der Waals surface area contributed by atoms with Crippen molar-refractivity contribution in [1.82, 2.24) is 0 Å². The van der Waals surface area contributed by atoms with Crippen molar-refractivity contribution >= 4 is 63.7 Å². The van der Waals surface area contributed by atoms with Gasteiger partial charge in [0.05, 0.1) is 38.3 Å². The molecule has 4 aliphatic rings. The Kier molecular flexibility index (Phi) is 14.6. The monoisotopic (exact) mass is 974 g/mol. The van der Waals surface area contributed by atoms with Crippen molar-refractivity contribution in [3.8, 4) is 0 Å². The fourth-order valence-corrected chi connectivity index (χ4v) is 10.4. The van der Waals surface area contributed by atoms with E-state index in [1.807, 2.05) is 0 Å². The summed E-state index contributed by atoms with van der Waals surface area (Å²) >= 11 is 15.4. The maximum absolute atomic E-state index is 7.57. The van der Waals surface area contributed by atoms with E-state index in [9.17, 15) is 0 Å². The Hall–Kier alpha value is 0.120. The Balaban J connectivity index is 1.55. The first-order valence-electron chi connectivity index (χ1n) is 20.2. The first-order valence-corrected chi connectivity index (χ1v) is 23.3. The summed E-state index contributed by atoms with van der Waals surface area (Å²) in [5.41, 5.74) is 3.92. The lowest BCUT2D eigenvalue weighted by Crippen LogP contribution is -2.54. The molecule has 0 aliphatic carbocycles. The number of halogens is 4. The molecule has 6 rings (SSSR count). The van der Waals surface area contributed by atoms with E-state index < -0.39 is 35.0 Å². The predicted octanol–water partition coefficient (Wildman–Crippen LogP) is 13.8. The largest absolute Gasteiger partial charge is 0.345 e. The Morgan fingerprint density at radius 2 is 0.635 bits per heavy atom. The molecule has 2 fully saturated rings. The minimum atomic E-state index is -1.19. The van der Waals surface area contributed by atoms with Crippen molar-refractivity contribution in [3.63, 3.8) is 0 Å². The highest BCUT2D eigenvalue weighted by molar-refractivity contribution is 9.13. The van der Waals surface area contributed by atoms with E-state index in [1.165, 1.54) is 25.7 Å². The topological polar surface area (TPSA) is 55.4 Å². The Bertz CT molecular complexity index is 1310. The zero-order chi connectivity index (χ0) is 37.0. The number of benzene rings is 2. The van der Waals surface area contributed by atoms with Gasteiger partial charge in [-0.3, -0.25) is 0 Å². The molecular weight excluding hydrogens is 920 g/mol. The minimum Gasteiger partial charge on any atom is -0.345 e. The molecule has 4 atom stereocenters. The summed E-state index contributed by atoms with van der Waals surface area (Å²) in [6.45, 7) is 11.2. The summed E-state index contributed by atoms with van der Waals surface area (Å²) < 4.78 is 47.9. The number of rotatable bonds is 24. The van der Waals surface area contributed by atoms with E-state index in [-0.39, 0.29) is 0 Å². The van der Waals surface area contributed by atoms with Gasteiger partial charge in [-0.2, -0.15) is 0 Å². The zero-order valence-corrected chi connectivity index (χ0v) is 37.9. The Labute approximate surface area is 346 Å². The lowest BCUT2D eigenvalue weighted by molar-refractivity contribution is -0.399. The van der Waals surface area contributed by atoms with Crippen LogP contribution in [-0.4, -0.2) is 26.4 Å². The number of hydrogen-bond donors (Lipinski definition) is 0. The second-order valence-corrected chi connectivity index (χ2v) is 18.5. The molecule has 52 heavy (non-hydrogen) atoms. The molecule has 0 amide bonds. The van der Waals surface area contributed by atoms with Gasteiger partial charge in [-0.25, -0.2) is 0 Å². The zero-order valence-electron chi connectivity index (χ0n) is 31.6. The summed E-state index contributed by atoms with van der Waals surface area (Å²) in [7, 11) is 0. The SMILES string of the molecule is CCCCCCO[C@]12O[C@](OCCCCCC)(c3cc(Br)c(Br)cc31)C1C2[C@@]2(OCCCCCC)O[C@]1(OCCCCCC)c1cc(Br)c(Br)cc12. The van der Waals surface area contributed by atoms with Crippen molar-refractivity contribution in [1.29, 1.82) is 0 Å². The standard InChI is InChI=1S/C42H58Br4O6/c1-5-9-13-17-21-47-39-29-25-33(43)34(44)26-30(29)41(51-39,49-23-19-15-11-7-3)38-37(39)40(48-22-18-14-10-6-2)31-27-35(45)36(46)28-32(31)42(38,52-40)50-24-20-16-12-8-4/h25-28,37-38H,5-24H2,1-4H3/t37?,38?,39-,40-,41+,42+. The van der Waals surface area contributed by atoms with Gasteiger partial charge in [0, 0.05) is 40.1 Å². The summed E-state index contributed by atoms with van der Waals surface area (Å²) in [6, 6.07) is 8.67. The van der Waals surface area contributed by atoms with Crippen molar-refractivity contribution in [2.45, 2.75) is 154 Å². The quantitative estimate of drug-likeness (QED) is 0.0977. The van der Waals surface area contributed by atoms with E-state index in [0.29, 0.717) is 26.4 Å². The number of fused-ring (bicyclic) bond motifs is 15. The average molecular weight is 979 g/mol. The van der Waals surface area contributed by atoms with Crippen LogP contribution in [0.15, 0.2) is 42.2 Å². The second-order valence-electron chi connectivity index (χ2n) is 15.1. The highest BCUT2D eigenvalue weighted by atomic mass is 79.9. The molecule has 0 unspecified atom stereocenters. The molecule has 4 bridgehead atoms. The van der Waals surface area contributed by atoms with Gasteiger partial charge in [0.25, 0.3) is 0 Å². The van der Waals surface area contributed by atoms with E-state index in [4.69, 9.17) is 28.4 Å². The van der Waals surface area contributed by atoms with Crippen molar-refractivity contribution in [3.05, 3.63) is 64.4 Å². The van der Waals surface area contributed by atoms with Gasteiger partial charge in [-0.15, -0.1) is 0 Å². The van der Waals surface area contributed by atoms with Gasteiger partial charge in [0.2, 0.25) is 23.1 Å². The summed E-state index contributed by atoms with van der Waals surface area (Å²) in [5, 5.41) is 0. The first-order chi connectivity index (χ1) is 25.2. The van der Waals surface area contributed by atoms with Crippen LogP contribution in [0.1, 0.15) is 153 Å². The number of ether oxygens (including phenoxy) is 6. The molecule has 2 aromatic carbocycles. The third kappa shape index (κ3) is 7.37. The van der Waals surface area contributed by atoms with Crippen LogP contribution in [0.5, 0.6) is 0 Å². The van der Waals surface area contributed by atoms with Gasteiger partial charge in [-0.1, -0.05) is 105 Å². The molecule has 2 saturated heterocycles. The molecule has 0 N–H and O–H groups in total. The molecule has 4 aliphatic heterocycles. The molecule has 0 aromatic heterocycles. The molecule has 2 aromatic rings. The Morgan fingerprint density at radius 1 is 0.404 bits per heavy atom. The minimum absolute atomic E-state index is 0.398. The molecule has 6 nitrogen and oxygen atoms in total. The van der Waals surface area contributed by atoms with Crippen LogP contribution >= 0.6 is 63.7 Å². The average Bonchev–Trinajstić information content (AvgIpc) is 3.78. The summed E-state index contributed by atoms with van der Waals surface area (Å²) in [4.78, 5) is 0. The molecular formula is C42H58Br4O6. The fraction of sp³-hybridized carbons (Fsp3) is 0.714. The first kappa shape index (κ1) is 41.7. The molecule has 0 saturated carbocycles. The van der Waals surface area contributed by atoms with Gasteiger partial charge in [0.15, 0.2) is 0 Å². The van der Waals surface area contributed by atoms with Crippen molar-refractivity contribution in [2.24, 2.45) is 11.8 Å². The van der Waals surface area contributed by atoms with Crippen LogP contribution in [0.4, 0.5) is 0 Å². The summed E-state index contributed by atoms with van der Waals surface area (Å²) in [5.74, 6) is -5.55. The van der Waals surface area contributed by atoms with Crippen LogP contribution in [0.25, 0.3) is 0 Å². The third-order valence-corrected chi connectivity index (χ3v) is 15.1. The van der Waals surface area contributed by atoms with Crippen LogP contribution in [-0.2, 0) is 51.6 Å². The number of unbranched alkanes of at least 4 members (excludes halogenated alkanes) is 12. The van der Waals surface area contributed by atoms with E-state index in [2.05, 4.69) is 116 Å². The predicted molar refractivity (Wildman–Crippen MR) is 220 cm³/mol. The van der Waals surface area contributed by atoms with Gasteiger partial charge < -0.3 is 28.4 Å². The third-order valence-electron chi connectivity index (χ3n) is 11.5. The lowest BCUT2D eigenvalue weighted by atomic mass is 9.61. The van der Waals surface area contributed by atoms with Gasteiger partial charge in [-0.05, 0) is 114 Å². The van der Waals surface area contributed by atoms with Crippen LogP contribution in [0, 0.1) is 11.8 Å². The van der Waals surface area contributed by atoms with E-state index in [1.54, 1.807) is 0 Å². The van der Waals surface area contributed by atoms with Crippen molar-refractivity contribution in [2.75, 3.05) is 26.4 Å². The fourth-order valence-electron chi connectivity index (χ4n) is 9.02. The van der Waals surface area contributed by atoms with Crippen LogP contribution in [0.2, 0.25) is 0 Å². The summed E-state index contributed by atoms with van der Waals surface area (Å²) in [6.07, 6.45) is 17.5. The molecule has 0 spiro atoms. The maximum Gasteiger partial charge on any atom is 0.208 e. The molecule has 290 valence electrons. The Morgan fingerprint density at radius 3 is 0.846 bits per heavy atom. The normalized spacial score (nSPS) is 29.2. The smallest absolute Gasteiger partial charge is 0.208 e. The molecule has 0 radical (unpaired) electrons. The highest BCUT2D eigenvalue weighted by Crippen LogP contribution is 2.81. The molecule has 10 heteroatoms. The molecule has 4 heterocycles. The number of hydrogen-bond acceptors (Lipinski definition) is 6. The van der Waals surface area contributed by atoms with E-state index in [0.717, 1.165) is 117 Å². The van der Waals surface area contributed by atoms with Crippen molar-refractivity contribution < 1.29 is 28.4 Å². The van der Waals surface area contributed by atoms with Gasteiger partial charge in [0.1, 0.15) is 0 Å². The van der Waals surface area contributed by atoms with Gasteiger partial charge >= 0.3 is 0 Å². The maximum atomic E-state index is 7.57. The van der Waals surface area contributed by atoms with Crippen LogP contribution in [0.3, 0.4) is 0 Å². The van der Waals surface area contributed by atoms with Crippen LogP contribution < -0.4 is 0 Å². The second kappa shape index (κ2) is 18.1. The lowest BCUT2D eigenvalue weighted by Gasteiger charge is -2.46.